The van der Waals surface area contributed by atoms with E-state index < -0.39 is 9.92 Å². The van der Waals surface area contributed by atoms with E-state index in [0.717, 1.165) is 18.7 Å². The number of thioether (sulfide) groups is 1. The molecule has 0 aliphatic carbocycles. The molecule has 21 heavy (non-hydrogen) atoms. The van der Waals surface area contributed by atoms with Gasteiger partial charge in [-0.2, -0.15) is 11.8 Å². The summed E-state index contributed by atoms with van der Waals surface area (Å²) in [6.45, 7) is 0.741. The minimum absolute atomic E-state index is 0.251. The first kappa shape index (κ1) is 17.9. The van der Waals surface area contributed by atoms with Gasteiger partial charge in [0.2, 0.25) is 5.95 Å². The van der Waals surface area contributed by atoms with E-state index in [0.29, 0.717) is 5.95 Å². The van der Waals surface area contributed by atoms with Crippen LogP contribution in [0.3, 0.4) is 0 Å². The molecule has 1 aromatic heterocycles. The summed E-state index contributed by atoms with van der Waals surface area (Å²) in [4.78, 5) is 19.7. The van der Waals surface area contributed by atoms with Crippen molar-refractivity contribution < 1.29 is 9.00 Å². The maximum absolute atomic E-state index is 11.9. The van der Waals surface area contributed by atoms with Gasteiger partial charge in [0.15, 0.2) is 0 Å². The van der Waals surface area contributed by atoms with Gasteiger partial charge in [0.25, 0.3) is 5.91 Å². The molecule has 0 aliphatic heterocycles. The third kappa shape index (κ3) is 7.39. The van der Waals surface area contributed by atoms with Crippen LogP contribution < -0.4 is 5.32 Å². The first-order chi connectivity index (χ1) is 9.92. The Morgan fingerprint density at radius 3 is 2.71 bits per heavy atom. The molecule has 0 spiro atoms. The smallest absolute Gasteiger partial charge is 0.264 e. The fourth-order valence-corrected chi connectivity index (χ4v) is 2.64. The molecule has 1 rings (SSSR count). The van der Waals surface area contributed by atoms with E-state index in [4.69, 9.17) is 0 Å². The molecule has 1 atom stereocenters. The van der Waals surface area contributed by atoms with Crippen LogP contribution in [0.15, 0.2) is 22.8 Å². The molecule has 0 saturated carbocycles. The highest BCUT2D eigenvalue weighted by Crippen LogP contribution is 2.05. The lowest BCUT2D eigenvalue weighted by Crippen LogP contribution is -2.22. The van der Waals surface area contributed by atoms with E-state index >= 15 is 0 Å². The molecule has 0 bridgehead atoms. The Morgan fingerprint density at radius 2 is 2.10 bits per heavy atom. The lowest BCUT2D eigenvalue weighted by molar-refractivity contribution is -0.115. The van der Waals surface area contributed by atoms with Gasteiger partial charge >= 0.3 is 0 Å². The maximum Gasteiger partial charge on any atom is 0.264 e. The van der Waals surface area contributed by atoms with E-state index in [1.165, 1.54) is 22.3 Å². The summed E-state index contributed by atoms with van der Waals surface area (Å²) in [6, 6.07) is 1.76. The zero-order chi connectivity index (χ0) is 15.7. The number of nitrogens with zero attached hydrogens (tertiary/aromatic N) is 4. The Morgan fingerprint density at radius 1 is 1.43 bits per heavy atom. The maximum atomic E-state index is 11.9. The second-order valence-corrected chi connectivity index (χ2v) is 8.01. The van der Waals surface area contributed by atoms with Crippen LogP contribution in [0.2, 0.25) is 0 Å². The standard InChI is InChI=1S/C12H21N5O2S2/c1-17(2)21(3,19)16-11(18)10-20-9-5-8-15-12-13-6-4-7-14-12/h4,6-7H,5,8-10H2,1-3H3,(H,13,14,15). The Kier molecular flexibility index (Phi) is 7.62. The first-order valence-electron chi connectivity index (χ1n) is 6.43. The molecule has 7 nitrogen and oxygen atoms in total. The molecular formula is C12H21N5O2S2. The van der Waals surface area contributed by atoms with Crippen LogP contribution in [0.5, 0.6) is 0 Å². The molecule has 1 N–H and O–H groups in total. The summed E-state index contributed by atoms with van der Waals surface area (Å²) in [5, 5.41) is 3.09. The van der Waals surface area contributed by atoms with Gasteiger partial charge in [-0.05, 0) is 18.2 Å². The van der Waals surface area contributed by atoms with Crippen LogP contribution in [-0.4, -0.2) is 62.8 Å². The minimum atomic E-state index is -2.56. The normalized spacial score (nSPS) is 13.7. The van der Waals surface area contributed by atoms with Crippen LogP contribution in [0, 0.1) is 0 Å². The van der Waals surface area contributed by atoms with E-state index in [-0.39, 0.29) is 11.7 Å². The van der Waals surface area contributed by atoms with Crippen molar-refractivity contribution in [2.24, 2.45) is 4.36 Å². The number of hydrogen-bond donors (Lipinski definition) is 1. The molecule has 1 aromatic rings. The molecule has 1 unspecified atom stereocenters. The van der Waals surface area contributed by atoms with Crippen molar-refractivity contribution in [3.63, 3.8) is 0 Å². The third-order valence-electron chi connectivity index (χ3n) is 2.49. The number of rotatable bonds is 8. The number of hydrogen-bond acceptors (Lipinski definition) is 6. The molecule has 0 aromatic carbocycles. The van der Waals surface area contributed by atoms with Crippen molar-refractivity contribution in [3.8, 4) is 0 Å². The van der Waals surface area contributed by atoms with Crippen LogP contribution in [0.4, 0.5) is 5.95 Å². The second kappa shape index (κ2) is 8.96. The van der Waals surface area contributed by atoms with Gasteiger partial charge in [0, 0.05) is 39.3 Å². The Labute approximate surface area is 130 Å². The molecule has 9 heteroatoms. The predicted octanol–water partition coefficient (Wildman–Crippen LogP) is 1.11. The summed E-state index contributed by atoms with van der Waals surface area (Å²) >= 11 is 1.48. The Balaban J connectivity index is 2.17. The molecule has 118 valence electrons. The lowest BCUT2D eigenvalue weighted by Gasteiger charge is -2.10. The highest BCUT2D eigenvalue weighted by Gasteiger charge is 2.08. The minimum Gasteiger partial charge on any atom is -0.354 e. The Hall–Kier alpha value is -1.19. The van der Waals surface area contributed by atoms with Crippen molar-refractivity contribution in [3.05, 3.63) is 18.5 Å². The number of amides is 1. The quantitative estimate of drug-likeness (QED) is 0.718. The molecule has 0 saturated heterocycles. The van der Waals surface area contributed by atoms with Crippen LogP contribution >= 0.6 is 11.8 Å². The number of carbonyl (C=O) groups excluding carboxylic acids is 1. The average molecular weight is 331 g/mol. The van der Waals surface area contributed by atoms with Crippen molar-refractivity contribution in [2.75, 3.05) is 43.7 Å². The van der Waals surface area contributed by atoms with Gasteiger partial charge in [-0.25, -0.2) is 18.5 Å². The van der Waals surface area contributed by atoms with Gasteiger partial charge < -0.3 is 5.32 Å². The van der Waals surface area contributed by atoms with Crippen LogP contribution in [0.25, 0.3) is 0 Å². The molecule has 0 aliphatic rings. The van der Waals surface area contributed by atoms with Crippen LogP contribution in [0.1, 0.15) is 6.42 Å². The van der Waals surface area contributed by atoms with Crippen molar-refractivity contribution in [1.29, 1.82) is 0 Å². The summed E-state index contributed by atoms with van der Waals surface area (Å²) in [7, 11) is 0.721. The van der Waals surface area contributed by atoms with Gasteiger partial charge in [-0.15, -0.1) is 4.36 Å². The summed E-state index contributed by atoms with van der Waals surface area (Å²) in [6.07, 6.45) is 5.69. The van der Waals surface area contributed by atoms with Gasteiger partial charge in [-0.3, -0.25) is 4.79 Å². The van der Waals surface area contributed by atoms with E-state index in [1.54, 1.807) is 32.6 Å². The number of nitrogens with one attached hydrogen (secondary N) is 1. The number of aromatic nitrogens is 2. The topological polar surface area (TPSA) is 87.5 Å². The highest BCUT2D eigenvalue weighted by molar-refractivity contribution is 8.00. The van der Waals surface area contributed by atoms with Crippen molar-refractivity contribution in [1.82, 2.24) is 14.3 Å². The average Bonchev–Trinajstić information content (AvgIpc) is 2.43. The first-order valence-corrected chi connectivity index (χ1v) is 9.46. The fourth-order valence-electron chi connectivity index (χ4n) is 1.22. The Bertz CT molecular complexity index is 556. The third-order valence-corrected chi connectivity index (χ3v) is 5.41. The monoisotopic (exact) mass is 331 g/mol. The molecule has 1 amide bonds. The number of carbonyl (C=O) groups is 1. The fraction of sp³-hybridized carbons (Fsp3) is 0.583. The largest absolute Gasteiger partial charge is 0.354 e. The van der Waals surface area contributed by atoms with Gasteiger partial charge in [0.05, 0.1) is 5.75 Å². The predicted molar refractivity (Wildman–Crippen MR) is 87.7 cm³/mol. The number of anilines is 1. The molecule has 0 fully saturated rings. The summed E-state index contributed by atoms with van der Waals surface area (Å²) < 4.78 is 17.1. The lowest BCUT2D eigenvalue weighted by atomic mass is 10.5. The molecular weight excluding hydrogens is 310 g/mol. The highest BCUT2D eigenvalue weighted by atomic mass is 32.2. The summed E-state index contributed by atoms with van der Waals surface area (Å²) in [5.41, 5.74) is 0. The van der Waals surface area contributed by atoms with E-state index in [2.05, 4.69) is 19.6 Å². The van der Waals surface area contributed by atoms with Crippen molar-refractivity contribution >= 4 is 33.5 Å². The van der Waals surface area contributed by atoms with Gasteiger partial charge in [-0.1, -0.05) is 0 Å². The zero-order valence-corrected chi connectivity index (χ0v) is 14.1. The summed E-state index contributed by atoms with van der Waals surface area (Å²) in [5.74, 6) is 1.33. The zero-order valence-electron chi connectivity index (χ0n) is 12.5. The SMILES string of the molecule is CN(C)S(C)(=O)=NC(=O)CSCCCNc1ncccn1. The van der Waals surface area contributed by atoms with E-state index in [9.17, 15) is 9.00 Å². The van der Waals surface area contributed by atoms with E-state index in [1.807, 2.05) is 0 Å². The van der Waals surface area contributed by atoms with Crippen molar-refractivity contribution in [2.45, 2.75) is 6.42 Å². The second-order valence-electron chi connectivity index (χ2n) is 4.47. The molecule has 0 radical (unpaired) electrons. The van der Waals surface area contributed by atoms with Crippen LogP contribution in [-0.2, 0) is 14.7 Å². The molecule has 1 heterocycles. The van der Waals surface area contributed by atoms with Gasteiger partial charge in [0.1, 0.15) is 9.92 Å².